The summed E-state index contributed by atoms with van der Waals surface area (Å²) in [6, 6.07) is 10.8. The molecule has 0 atom stereocenters. The van der Waals surface area contributed by atoms with Gasteiger partial charge in [-0.15, -0.1) is 0 Å². The van der Waals surface area contributed by atoms with Gasteiger partial charge in [-0.2, -0.15) is 0 Å². The molecular weight excluding hydrogens is 282 g/mol. The summed E-state index contributed by atoms with van der Waals surface area (Å²) in [5, 5.41) is 9.22. The zero-order valence-electron chi connectivity index (χ0n) is 9.14. The van der Waals surface area contributed by atoms with Crippen LogP contribution in [0, 0.1) is 0 Å². The van der Waals surface area contributed by atoms with Crippen LogP contribution in [-0.4, -0.2) is 9.67 Å². The molecule has 2 aromatic rings. The molecule has 0 aliphatic rings. The van der Waals surface area contributed by atoms with Crippen molar-refractivity contribution < 1.29 is 5.11 Å². The zero-order valence-corrected chi connectivity index (χ0v) is 10.7. The molecule has 1 N–H and O–H groups in total. The number of aliphatic hydroxyl groups excluding tert-OH is 1. The summed E-state index contributed by atoms with van der Waals surface area (Å²) in [4.78, 5) is 11.7. The van der Waals surface area contributed by atoms with E-state index >= 15 is 0 Å². The monoisotopic (exact) mass is 293 g/mol. The minimum atomic E-state index is -0.0547. The molecule has 0 unspecified atom stereocenters. The number of halogens is 1. The van der Waals surface area contributed by atoms with Gasteiger partial charge >= 0.3 is 0 Å². The lowest BCUT2D eigenvalue weighted by atomic mass is 10.1. The Bertz CT molecular complexity index is 578. The maximum Gasteiger partial charge on any atom is 0.250 e. The minimum absolute atomic E-state index is 0.0150. The first-order valence-electron chi connectivity index (χ1n) is 5.24. The highest BCUT2D eigenvalue weighted by atomic mass is 79.9. The van der Waals surface area contributed by atoms with Gasteiger partial charge in [0.05, 0.1) is 13.2 Å². The second-order valence-corrected chi connectivity index (χ2v) is 4.66. The van der Waals surface area contributed by atoms with E-state index in [1.807, 2.05) is 24.3 Å². The van der Waals surface area contributed by atoms with Crippen LogP contribution in [0.1, 0.15) is 11.1 Å². The second-order valence-electron chi connectivity index (χ2n) is 3.74. The minimum Gasteiger partial charge on any atom is -0.392 e. The summed E-state index contributed by atoms with van der Waals surface area (Å²) in [5.41, 5.74) is 1.75. The molecule has 0 saturated heterocycles. The van der Waals surface area contributed by atoms with E-state index in [0.717, 1.165) is 15.6 Å². The van der Waals surface area contributed by atoms with Gasteiger partial charge in [0.2, 0.25) is 0 Å². The highest BCUT2D eigenvalue weighted by molar-refractivity contribution is 9.10. The summed E-state index contributed by atoms with van der Waals surface area (Å²) in [7, 11) is 0. The fourth-order valence-electron chi connectivity index (χ4n) is 1.68. The summed E-state index contributed by atoms with van der Waals surface area (Å²) in [6.45, 7) is 0.452. The first-order chi connectivity index (χ1) is 8.20. The van der Waals surface area contributed by atoms with E-state index in [0.29, 0.717) is 6.54 Å². The van der Waals surface area contributed by atoms with Crippen LogP contribution in [0.2, 0.25) is 0 Å². The number of aromatic nitrogens is 1. The highest BCUT2D eigenvalue weighted by Gasteiger charge is 2.03. The Morgan fingerprint density at radius 1 is 1.12 bits per heavy atom. The molecule has 0 aliphatic heterocycles. The molecule has 1 heterocycles. The molecule has 0 spiro atoms. The average Bonchev–Trinajstić information content (AvgIpc) is 2.34. The normalized spacial score (nSPS) is 10.5. The fourth-order valence-corrected chi connectivity index (χ4v) is 2.05. The molecule has 1 aromatic carbocycles. The summed E-state index contributed by atoms with van der Waals surface area (Å²) < 4.78 is 2.47. The van der Waals surface area contributed by atoms with Crippen LogP contribution in [0.15, 0.2) is 51.9 Å². The Balaban J connectivity index is 2.37. The molecule has 4 heteroatoms. The standard InChI is InChI=1S/C13H12BrNO2/c14-12-5-6-13(17)15(8-12)7-10-3-1-2-4-11(10)9-16/h1-6,8,16H,7,9H2. The third kappa shape index (κ3) is 2.84. The van der Waals surface area contributed by atoms with Crippen LogP contribution < -0.4 is 5.56 Å². The van der Waals surface area contributed by atoms with E-state index in [-0.39, 0.29) is 12.2 Å². The SMILES string of the molecule is O=c1ccc(Br)cn1Cc1ccccc1CO. The van der Waals surface area contributed by atoms with Gasteiger partial charge in [-0.3, -0.25) is 4.79 Å². The molecule has 0 saturated carbocycles. The van der Waals surface area contributed by atoms with Gasteiger partial charge in [-0.1, -0.05) is 24.3 Å². The predicted molar refractivity (Wildman–Crippen MR) is 69.9 cm³/mol. The van der Waals surface area contributed by atoms with E-state index < -0.39 is 0 Å². The number of hydrogen-bond donors (Lipinski definition) is 1. The number of hydrogen-bond acceptors (Lipinski definition) is 2. The zero-order chi connectivity index (χ0) is 12.3. The van der Waals surface area contributed by atoms with E-state index in [1.165, 1.54) is 6.07 Å². The van der Waals surface area contributed by atoms with Crippen molar-refractivity contribution in [2.24, 2.45) is 0 Å². The molecule has 0 amide bonds. The van der Waals surface area contributed by atoms with E-state index in [4.69, 9.17) is 0 Å². The van der Waals surface area contributed by atoms with Crippen molar-refractivity contribution in [1.82, 2.24) is 4.57 Å². The number of nitrogens with zero attached hydrogens (tertiary/aromatic N) is 1. The maximum absolute atomic E-state index is 11.7. The number of benzene rings is 1. The molecule has 0 bridgehead atoms. The molecule has 3 nitrogen and oxygen atoms in total. The maximum atomic E-state index is 11.7. The Morgan fingerprint density at radius 2 is 1.82 bits per heavy atom. The summed E-state index contributed by atoms with van der Waals surface area (Å²) >= 11 is 3.34. The van der Waals surface area contributed by atoms with Gasteiger partial charge in [-0.05, 0) is 33.1 Å². The van der Waals surface area contributed by atoms with Crippen LogP contribution in [0.4, 0.5) is 0 Å². The van der Waals surface area contributed by atoms with Gasteiger partial charge in [0.1, 0.15) is 0 Å². The lowest BCUT2D eigenvalue weighted by Gasteiger charge is -2.09. The Labute approximate surface area is 107 Å². The Hall–Kier alpha value is -1.39. The van der Waals surface area contributed by atoms with Gasteiger partial charge < -0.3 is 9.67 Å². The van der Waals surface area contributed by atoms with E-state index in [9.17, 15) is 9.90 Å². The van der Waals surface area contributed by atoms with Crippen LogP contribution in [0.3, 0.4) is 0 Å². The third-order valence-corrected chi connectivity index (χ3v) is 3.05. The summed E-state index contributed by atoms with van der Waals surface area (Å²) in [6.07, 6.45) is 1.75. The molecule has 0 fully saturated rings. The summed E-state index contributed by atoms with van der Waals surface area (Å²) in [5.74, 6) is 0. The van der Waals surface area contributed by atoms with E-state index in [1.54, 1.807) is 16.8 Å². The number of pyridine rings is 1. The van der Waals surface area contributed by atoms with Gasteiger partial charge in [0.25, 0.3) is 5.56 Å². The van der Waals surface area contributed by atoms with Crippen molar-refractivity contribution in [2.45, 2.75) is 13.2 Å². The molecule has 2 rings (SSSR count). The average molecular weight is 294 g/mol. The third-order valence-electron chi connectivity index (χ3n) is 2.58. The van der Waals surface area contributed by atoms with Crippen molar-refractivity contribution in [2.75, 3.05) is 0 Å². The van der Waals surface area contributed by atoms with Crippen molar-refractivity contribution in [3.05, 3.63) is 68.5 Å². The molecule has 17 heavy (non-hydrogen) atoms. The number of aliphatic hydroxyl groups is 1. The first-order valence-corrected chi connectivity index (χ1v) is 6.03. The molecule has 0 radical (unpaired) electrons. The molecule has 0 aliphatic carbocycles. The van der Waals surface area contributed by atoms with Crippen molar-refractivity contribution in [3.8, 4) is 0 Å². The highest BCUT2D eigenvalue weighted by Crippen LogP contribution is 2.11. The topological polar surface area (TPSA) is 42.2 Å². The lowest BCUT2D eigenvalue weighted by molar-refractivity contribution is 0.280. The first kappa shape index (κ1) is 12.1. The van der Waals surface area contributed by atoms with Crippen molar-refractivity contribution in [3.63, 3.8) is 0 Å². The van der Waals surface area contributed by atoms with Gasteiger partial charge in [0.15, 0.2) is 0 Å². The molecule has 1 aromatic heterocycles. The van der Waals surface area contributed by atoms with Crippen LogP contribution in [-0.2, 0) is 13.2 Å². The van der Waals surface area contributed by atoms with Crippen LogP contribution >= 0.6 is 15.9 Å². The Kier molecular flexibility index (Phi) is 3.76. The van der Waals surface area contributed by atoms with Crippen molar-refractivity contribution in [1.29, 1.82) is 0 Å². The second kappa shape index (κ2) is 5.29. The number of rotatable bonds is 3. The largest absolute Gasteiger partial charge is 0.392 e. The lowest BCUT2D eigenvalue weighted by Crippen LogP contribution is -2.19. The van der Waals surface area contributed by atoms with Crippen molar-refractivity contribution >= 4 is 15.9 Å². The smallest absolute Gasteiger partial charge is 0.250 e. The molecular formula is C13H12BrNO2. The van der Waals surface area contributed by atoms with Gasteiger partial charge in [-0.25, -0.2) is 0 Å². The van der Waals surface area contributed by atoms with E-state index in [2.05, 4.69) is 15.9 Å². The Morgan fingerprint density at radius 3 is 2.53 bits per heavy atom. The quantitative estimate of drug-likeness (QED) is 0.942. The van der Waals surface area contributed by atoms with Crippen LogP contribution in [0.5, 0.6) is 0 Å². The molecule has 88 valence electrons. The van der Waals surface area contributed by atoms with Gasteiger partial charge in [0, 0.05) is 16.7 Å². The fraction of sp³-hybridized carbons (Fsp3) is 0.154. The predicted octanol–water partition coefficient (Wildman–Crippen LogP) is 2.15. The van der Waals surface area contributed by atoms with Crippen LogP contribution in [0.25, 0.3) is 0 Å².